The predicted molar refractivity (Wildman–Crippen MR) is 85.6 cm³/mol. The van der Waals surface area contributed by atoms with Gasteiger partial charge in [-0.25, -0.2) is 4.39 Å². The number of hydrogen-bond acceptors (Lipinski definition) is 2. The number of rotatable bonds is 3. The maximum Gasteiger partial charge on any atom is 0.124 e. The van der Waals surface area contributed by atoms with Crippen molar-refractivity contribution in [3.05, 3.63) is 61.8 Å². The Kier molecular flexibility index (Phi) is 4.83. The first-order valence-corrected chi connectivity index (χ1v) is 7.57. The van der Waals surface area contributed by atoms with E-state index in [9.17, 15) is 4.39 Å². The lowest BCUT2D eigenvalue weighted by Crippen LogP contribution is -2.14. The minimum absolute atomic E-state index is 0.316. The van der Waals surface area contributed by atoms with Crippen molar-refractivity contribution in [2.45, 2.75) is 13.0 Å². The van der Waals surface area contributed by atoms with Crippen molar-refractivity contribution in [1.82, 2.24) is 0 Å². The molecule has 2 N–H and O–H groups in total. The molecule has 2 rings (SSSR count). The highest BCUT2D eigenvalue weighted by Crippen LogP contribution is 2.35. The van der Waals surface area contributed by atoms with Crippen molar-refractivity contribution in [3.63, 3.8) is 0 Å². The van der Waals surface area contributed by atoms with E-state index in [1.165, 1.54) is 12.1 Å². The van der Waals surface area contributed by atoms with Crippen LogP contribution in [0.5, 0.6) is 5.75 Å². The standard InChI is InChI=1S/C15H14Br2FNO/c1-8-5-14(20-2)11(7-13(8)17)15(19)10-6-9(18)3-4-12(10)16/h3-7,15H,19H2,1-2H3. The maximum atomic E-state index is 13.4. The molecular formula is C15H14Br2FNO. The zero-order chi connectivity index (χ0) is 14.9. The van der Waals surface area contributed by atoms with Crippen LogP contribution in [-0.4, -0.2) is 7.11 Å². The minimum Gasteiger partial charge on any atom is -0.496 e. The van der Waals surface area contributed by atoms with Crippen LogP contribution in [0, 0.1) is 12.7 Å². The lowest BCUT2D eigenvalue weighted by molar-refractivity contribution is 0.407. The molecule has 0 aromatic heterocycles. The van der Waals surface area contributed by atoms with E-state index in [2.05, 4.69) is 31.9 Å². The molecule has 0 spiro atoms. The Morgan fingerprint density at radius 3 is 2.45 bits per heavy atom. The summed E-state index contributed by atoms with van der Waals surface area (Å²) < 4.78 is 20.5. The molecule has 2 aromatic rings. The first-order chi connectivity index (χ1) is 9.43. The van der Waals surface area contributed by atoms with E-state index in [4.69, 9.17) is 10.5 Å². The van der Waals surface area contributed by atoms with Gasteiger partial charge in [-0.05, 0) is 48.4 Å². The van der Waals surface area contributed by atoms with Crippen molar-refractivity contribution in [1.29, 1.82) is 0 Å². The molecule has 1 atom stereocenters. The van der Waals surface area contributed by atoms with Gasteiger partial charge in [0.15, 0.2) is 0 Å². The Balaban J connectivity index is 2.55. The van der Waals surface area contributed by atoms with Crippen LogP contribution in [0.25, 0.3) is 0 Å². The van der Waals surface area contributed by atoms with Crippen molar-refractivity contribution in [2.75, 3.05) is 7.11 Å². The molecule has 0 aliphatic heterocycles. The van der Waals surface area contributed by atoms with Gasteiger partial charge in [0.2, 0.25) is 0 Å². The van der Waals surface area contributed by atoms with Crippen LogP contribution in [0.2, 0.25) is 0 Å². The van der Waals surface area contributed by atoms with E-state index in [-0.39, 0.29) is 5.82 Å². The van der Waals surface area contributed by atoms with Gasteiger partial charge in [0, 0.05) is 14.5 Å². The summed E-state index contributed by atoms with van der Waals surface area (Å²) in [5.74, 6) is 0.373. The van der Waals surface area contributed by atoms with Crippen molar-refractivity contribution < 1.29 is 9.13 Å². The third kappa shape index (κ3) is 3.05. The lowest BCUT2D eigenvalue weighted by Gasteiger charge is -2.19. The van der Waals surface area contributed by atoms with Gasteiger partial charge in [0.25, 0.3) is 0 Å². The van der Waals surface area contributed by atoms with Crippen molar-refractivity contribution in [3.8, 4) is 5.75 Å². The molecule has 0 fully saturated rings. The SMILES string of the molecule is COc1cc(C)c(Br)cc1C(N)c1cc(F)ccc1Br. The van der Waals surface area contributed by atoms with Crippen molar-refractivity contribution >= 4 is 31.9 Å². The third-order valence-corrected chi connectivity index (χ3v) is 4.72. The van der Waals surface area contributed by atoms with Crippen LogP contribution in [0.3, 0.4) is 0 Å². The molecule has 0 aliphatic rings. The fourth-order valence-electron chi connectivity index (χ4n) is 2.01. The van der Waals surface area contributed by atoms with Crippen LogP contribution in [0.1, 0.15) is 22.7 Å². The molecule has 0 amide bonds. The van der Waals surface area contributed by atoms with Gasteiger partial charge in [-0.1, -0.05) is 31.9 Å². The second kappa shape index (κ2) is 6.24. The van der Waals surface area contributed by atoms with Gasteiger partial charge < -0.3 is 10.5 Å². The summed E-state index contributed by atoms with van der Waals surface area (Å²) in [4.78, 5) is 0. The number of methoxy groups -OCH3 is 1. The van der Waals surface area contributed by atoms with Gasteiger partial charge in [0.1, 0.15) is 11.6 Å². The van der Waals surface area contributed by atoms with Gasteiger partial charge in [-0.2, -0.15) is 0 Å². The van der Waals surface area contributed by atoms with E-state index in [0.29, 0.717) is 11.3 Å². The fourth-order valence-corrected chi connectivity index (χ4v) is 2.87. The summed E-state index contributed by atoms with van der Waals surface area (Å²) in [5.41, 5.74) is 8.82. The van der Waals surface area contributed by atoms with E-state index in [1.54, 1.807) is 13.2 Å². The summed E-state index contributed by atoms with van der Waals surface area (Å²) in [6.07, 6.45) is 0. The average Bonchev–Trinajstić information content (AvgIpc) is 2.43. The molecule has 5 heteroatoms. The number of aryl methyl sites for hydroxylation is 1. The summed E-state index contributed by atoms with van der Waals surface area (Å²) in [5, 5.41) is 0. The van der Waals surface area contributed by atoms with E-state index < -0.39 is 6.04 Å². The molecule has 0 saturated carbocycles. The Hall–Kier alpha value is -0.910. The zero-order valence-electron chi connectivity index (χ0n) is 11.1. The summed E-state index contributed by atoms with van der Waals surface area (Å²) >= 11 is 6.89. The highest BCUT2D eigenvalue weighted by Gasteiger charge is 2.18. The molecule has 0 bridgehead atoms. The molecule has 0 saturated heterocycles. The second-order valence-corrected chi connectivity index (χ2v) is 6.20. The largest absolute Gasteiger partial charge is 0.496 e. The van der Waals surface area contributed by atoms with E-state index in [1.807, 2.05) is 19.1 Å². The van der Waals surface area contributed by atoms with Crippen molar-refractivity contribution in [2.24, 2.45) is 5.73 Å². The smallest absolute Gasteiger partial charge is 0.124 e. The Labute approximate surface area is 134 Å². The Bertz CT molecular complexity index is 646. The molecular weight excluding hydrogens is 389 g/mol. The predicted octanol–water partition coefficient (Wildman–Crippen LogP) is 4.72. The molecule has 0 aliphatic carbocycles. The van der Waals surface area contributed by atoms with Crippen LogP contribution in [0.4, 0.5) is 4.39 Å². The van der Waals surface area contributed by atoms with Crippen LogP contribution < -0.4 is 10.5 Å². The molecule has 106 valence electrons. The average molecular weight is 403 g/mol. The Morgan fingerprint density at radius 2 is 1.80 bits per heavy atom. The quantitative estimate of drug-likeness (QED) is 0.806. The number of hydrogen-bond donors (Lipinski definition) is 1. The normalized spacial score (nSPS) is 12.3. The number of nitrogens with two attached hydrogens (primary N) is 1. The van der Waals surface area contributed by atoms with Crippen LogP contribution in [0.15, 0.2) is 39.3 Å². The minimum atomic E-state index is -0.480. The van der Waals surface area contributed by atoms with Crippen LogP contribution >= 0.6 is 31.9 Å². The van der Waals surface area contributed by atoms with Gasteiger partial charge in [-0.15, -0.1) is 0 Å². The Morgan fingerprint density at radius 1 is 1.10 bits per heavy atom. The molecule has 20 heavy (non-hydrogen) atoms. The van der Waals surface area contributed by atoms with Gasteiger partial charge >= 0.3 is 0 Å². The van der Waals surface area contributed by atoms with Crippen LogP contribution in [-0.2, 0) is 0 Å². The first-order valence-electron chi connectivity index (χ1n) is 5.98. The molecule has 0 radical (unpaired) electrons. The zero-order valence-corrected chi connectivity index (χ0v) is 14.3. The van der Waals surface area contributed by atoms with Gasteiger partial charge in [-0.3, -0.25) is 0 Å². The van der Waals surface area contributed by atoms with Gasteiger partial charge in [0.05, 0.1) is 13.2 Å². The summed E-state index contributed by atoms with van der Waals surface area (Å²) in [7, 11) is 1.60. The highest BCUT2D eigenvalue weighted by atomic mass is 79.9. The molecule has 2 aromatic carbocycles. The monoisotopic (exact) mass is 401 g/mol. The third-order valence-electron chi connectivity index (χ3n) is 3.14. The molecule has 1 unspecified atom stereocenters. The van der Waals surface area contributed by atoms with E-state index in [0.717, 1.165) is 20.1 Å². The maximum absolute atomic E-state index is 13.4. The lowest BCUT2D eigenvalue weighted by atomic mass is 9.97. The van der Waals surface area contributed by atoms with E-state index >= 15 is 0 Å². The first kappa shape index (κ1) is 15.5. The number of benzene rings is 2. The topological polar surface area (TPSA) is 35.2 Å². The summed E-state index contributed by atoms with van der Waals surface area (Å²) in [6, 6.07) is 7.82. The highest BCUT2D eigenvalue weighted by molar-refractivity contribution is 9.10. The molecule has 2 nitrogen and oxygen atoms in total. The summed E-state index contributed by atoms with van der Waals surface area (Å²) in [6.45, 7) is 1.97. The fraction of sp³-hybridized carbons (Fsp3) is 0.200. The second-order valence-electron chi connectivity index (χ2n) is 4.49. The number of halogens is 3. The number of ether oxygens (including phenoxy) is 1. The molecule has 0 heterocycles.